The highest BCUT2D eigenvalue weighted by atomic mass is 35.5. The SMILES string of the molecule is CC(C)(C)c1ccc(C(=O)NC2CCN(CCCCl)CC2)cc1. The molecule has 4 heteroatoms. The second-order valence-electron chi connectivity index (χ2n) is 7.46. The average Bonchev–Trinajstić information content (AvgIpc) is 2.53. The van der Waals surface area contributed by atoms with Crippen LogP contribution in [-0.4, -0.2) is 42.4 Å². The zero-order valence-corrected chi connectivity index (χ0v) is 15.3. The number of halogens is 1. The van der Waals surface area contributed by atoms with Gasteiger partial charge in [-0.15, -0.1) is 11.6 Å². The number of carbonyl (C=O) groups is 1. The van der Waals surface area contributed by atoms with E-state index < -0.39 is 0 Å². The van der Waals surface area contributed by atoms with Crippen LogP contribution in [0.3, 0.4) is 0 Å². The lowest BCUT2D eigenvalue weighted by Crippen LogP contribution is -2.44. The van der Waals surface area contributed by atoms with E-state index in [2.05, 4.69) is 43.1 Å². The van der Waals surface area contributed by atoms with Gasteiger partial charge in [0.05, 0.1) is 0 Å². The summed E-state index contributed by atoms with van der Waals surface area (Å²) in [6.07, 6.45) is 3.08. The summed E-state index contributed by atoms with van der Waals surface area (Å²) in [7, 11) is 0. The molecule has 1 saturated heterocycles. The van der Waals surface area contributed by atoms with Gasteiger partial charge < -0.3 is 10.2 Å². The number of rotatable bonds is 5. The molecule has 128 valence electrons. The number of hydrogen-bond acceptors (Lipinski definition) is 2. The molecule has 0 saturated carbocycles. The largest absolute Gasteiger partial charge is 0.349 e. The van der Waals surface area contributed by atoms with E-state index >= 15 is 0 Å². The van der Waals surface area contributed by atoms with Gasteiger partial charge in [0.25, 0.3) is 5.91 Å². The van der Waals surface area contributed by atoms with Crippen molar-refractivity contribution in [2.75, 3.05) is 25.5 Å². The molecule has 0 unspecified atom stereocenters. The Labute approximate surface area is 145 Å². The van der Waals surface area contributed by atoms with Crippen LogP contribution in [0.25, 0.3) is 0 Å². The quantitative estimate of drug-likeness (QED) is 0.829. The number of carbonyl (C=O) groups excluding carboxylic acids is 1. The summed E-state index contributed by atoms with van der Waals surface area (Å²) in [6.45, 7) is 9.70. The number of nitrogens with zero attached hydrogens (tertiary/aromatic N) is 1. The molecule has 1 amide bonds. The van der Waals surface area contributed by atoms with E-state index in [0.717, 1.165) is 50.3 Å². The van der Waals surface area contributed by atoms with E-state index in [9.17, 15) is 4.79 Å². The van der Waals surface area contributed by atoms with Crippen molar-refractivity contribution in [1.29, 1.82) is 0 Å². The maximum Gasteiger partial charge on any atom is 0.251 e. The Balaban J connectivity index is 1.83. The van der Waals surface area contributed by atoms with Gasteiger partial charge >= 0.3 is 0 Å². The van der Waals surface area contributed by atoms with Crippen LogP contribution in [0.1, 0.15) is 56.0 Å². The van der Waals surface area contributed by atoms with Crippen LogP contribution >= 0.6 is 11.6 Å². The Morgan fingerprint density at radius 2 is 1.83 bits per heavy atom. The minimum Gasteiger partial charge on any atom is -0.349 e. The number of nitrogens with one attached hydrogen (secondary N) is 1. The number of likely N-dealkylation sites (tertiary alicyclic amines) is 1. The molecule has 0 spiro atoms. The molecule has 1 aliphatic heterocycles. The van der Waals surface area contributed by atoms with E-state index in [1.54, 1.807) is 0 Å². The second-order valence-corrected chi connectivity index (χ2v) is 7.84. The summed E-state index contributed by atoms with van der Waals surface area (Å²) < 4.78 is 0. The lowest BCUT2D eigenvalue weighted by atomic mass is 9.86. The van der Waals surface area contributed by atoms with Gasteiger partial charge in [0.2, 0.25) is 0 Å². The third kappa shape index (κ3) is 5.50. The summed E-state index contributed by atoms with van der Waals surface area (Å²) in [5, 5.41) is 3.18. The Morgan fingerprint density at radius 1 is 1.22 bits per heavy atom. The first kappa shape index (κ1) is 18.3. The molecule has 1 heterocycles. The minimum atomic E-state index is 0.0460. The number of benzene rings is 1. The molecule has 1 aromatic carbocycles. The summed E-state index contributed by atoms with van der Waals surface area (Å²) in [4.78, 5) is 14.8. The molecule has 3 nitrogen and oxygen atoms in total. The van der Waals surface area contributed by atoms with Crippen LogP contribution in [0.2, 0.25) is 0 Å². The normalized spacial score (nSPS) is 17.2. The maximum absolute atomic E-state index is 12.4. The van der Waals surface area contributed by atoms with Crippen LogP contribution < -0.4 is 5.32 Å². The predicted octanol–water partition coefficient (Wildman–Crippen LogP) is 3.81. The fourth-order valence-electron chi connectivity index (χ4n) is 2.97. The molecular formula is C19H29ClN2O. The molecule has 0 radical (unpaired) electrons. The molecular weight excluding hydrogens is 308 g/mol. The second kappa shape index (κ2) is 8.16. The molecule has 1 aromatic rings. The van der Waals surface area contributed by atoms with Gasteiger partial charge in [-0.05, 0) is 48.9 Å². The van der Waals surface area contributed by atoms with Crippen LogP contribution in [0, 0.1) is 0 Å². The van der Waals surface area contributed by atoms with Gasteiger partial charge in [0.15, 0.2) is 0 Å². The van der Waals surface area contributed by atoms with Crippen molar-refractivity contribution in [3.8, 4) is 0 Å². The van der Waals surface area contributed by atoms with Gasteiger partial charge in [-0.1, -0.05) is 32.9 Å². The molecule has 1 N–H and O–H groups in total. The molecule has 1 fully saturated rings. The highest BCUT2D eigenvalue weighted by Gasteiger charge is 2.21. The first-order valence-corrected chi connectivity index (χ1v) is 9.13. The third-order valence-corrected chi connectivity index (χ3v) is 4.81. The fourth-order valence-corrected chi connectivity index (χ4v) is 3.09. The monoisotopic (exact) mass is 336 g/mol. The number of amides is 1. The van der Waals surface area contributed by atoms with E-state index in [1.165, 1.54) is 5.56 Å². The number of hydrogen-bond donors (Lipinski definition) is 1. The highest BCUT2D eigenvalue weighted by Crippen LogP contribution is 2.22. The standard InChI is InChI=1S/C19H29ClN2O/c1-19(2,3)16-7-5-15(6-8-16)18(23)21-17-9-13-22(14-10-17)12-4-11-20/h5-8,17H,4,9-14H2,1-3H3,(H,21,23). The molecule has 0 bridgehead atoms. The van der Waals surface area contributed by atoms with E-state index in [4.69, 9.17) is 11.6 Å². The fraction of sp³-hybridized carbons (Fsp3) is 0.632. The van der Waals surface area contributed by atoms with Gasteiger partial charge in [-0.2, -0.15) is 0 Å². The summed E-state index contributed by atoms with van der Waals surface area (Å²) in [5.41, 5.74) is 2.12. The summed E-state index contributed by atoms with van der Waals surface area (Å²) in [5.74, 6) is 0.769. The molecule has 23 heavy (non-hydrogen) atoms. The van der Waals surface area contributed by atoms with Gasteiger partial charge in [-0.25, -0.2) is 0 Å². The molecule has 0 atom stereocenters. The van der Waals surface area contributed by atoms with Crippen molar-refractivity contribution < 1.29 is 4.79 Å². The first-order chi connectivity index (χ1) is 10.9. The van der Waals surface area contributed by atoms with Gasteiger partial charge in [0.1, 0.15) is 0 Å². The van der Waals surface area contributed by atoms with Crippen LogP contribution in [0.15, 0.2) is 24.3 Å². The van der Waals surface area contributed by atoms with Gasteiger partial charge in [0, 0.05) is 30.6 Å². The minimum absolute atomic E-state index is 0.0460. The lowest BCUT2D eigenvalue weighted by molar-refractivity contribution is 0.0911. The van der Waals surface area contributed by atoms with Crippen molar-refractivity contribution in [2.24, 2.45) is 0 Å². The zero-order valence-electron chi connectivity index (χ0n) is 14.6. The maximum atomic E-state index is 12.4. The van der Waals surface area contributed by atoms with Gasteiger partial charge in [-0.3, -0.25) is 4.79 Å². The average molecular weight is 337 g/mol. The smallest absolute Gasteiger partial charge is 0.251 e. The van der Waals surface area contributed by atoms with E-state index in [1.807, 2.05) is 12.1 Å². The zero-order chi connectivity index (χ0) is 16.9. The van der Waals surface area contributed by atoms with Crippen molar-refractivity contribution in [2.45, 2.75) is 51.5 Å². The number of piperidine rings is 1. The lowest BCUT2D eigenvalue weighted by Gasteiger charge is -2.32. The molecule has 1 aliphatic rings. The third-order valence-electron chi connectivity index (χ3n) is 4.54. The van der Waals surface area contributed by atoms with Crippen LogP contribution in [0.4, 0.5) is 0 Å². The van der Waals surface area contributed by atoms with Crippen molar-refractivity contribution in [3.63, 3.8) is 0 Å². The Hall–Kier alpha value is -1.06. The Bertz CT molecular complexity index is 499. The Kier molecular flexibility index (Phi) is 6.49. The van der Waals surface area contributed by atoms with Crippen LogP contribution in [0.5, 0.6) is 0 Å². The van der Waals surface area contributed by atoms with Crippen LogP contribution in [-0.2, 0) is 5.41 Å². The number of alkyl halides is 1. The highest BCUT2D eigenvalue weighted by molar-refractivity contribution is 6.17. The van der Waals surface area contributed by atoms with Crippen molar-refractivity contribution in [3.05, 3.63) is 35.4 Å². The van der Waals surface area contributed by atoms with E-state index in [-0.39, 0.29) is 17.4 Å². The topological polar surface area (TPSA) is 32.3 Å². The molecule has 0 aromatic heterocycles. The predicted molar refractivity (Wildman–Crippen MR) is 97.4 cm³/mol. The summed E-state index contributed by atoms with van der Waals surface area (Å²) in [6, 6.07) is 8.28. The van der Waals surface area contributed by atoms with E-state index in [0.29, 0.717) is 0 Å². The molecule has 2 rings (SSSR count). The molecule has 0 aliphatic carbocycles. The van der Waals surface area contributed by atoms with Crippen molar-refractivity contribution in [1.82, 2.24) is 10.2 Å². The summed E-state index contributed by atoms with van der Waals surface area (Å²) >= 11 is 5.74. The van der Waals surface area contributed by atoms with Crippen molar-refractivity contribution >= 4 is 17.5 Å². The Morgan fingerprint density at radius 3 is 2.35 bits per heavy atom. The first-order valence-electron chi connectivity index (χ1n) is 8.60.